The quantitative estimate of drug-likeness (QED) is 0.793. The summed E-state index contributed by atoms with van der Waals surface area (Å²) < 4.78 is 28.9. The maximum Gasteiger partial charge on any atom is 0.262 e. The number of halogens is 2. The number of aromatic nitrogens is 2. The van der Waals surface area contributed by atoms with Crippen molar-refractivity contribution in [3.8, 4) is 0 Å². The summed E-state index contributed by atoms with van der Waals surface area (Å²) in [4.78, 5) is 12.0. The van der Waals surface area contributed by atoms with E-state index in [1.54, 1.807) is 16.9 Å². The summed E-state index contributed by atoms with van der Waals surface area (Å²) in [7, 11) is 0. The molecule has 2 aromatic carbocycles. The summed E-state index contributed by atoms with van der Waals surface area (Å²) in [5.74, 6) is -2.46. The average molecular weight is 327 g/mol. The summed E-state index contributed by atoms with van der Waals surface area (Å²) in [6.07, 6.45) is 1.69. The number of benzene rings is 2. The Kier molecular flexibility index (Phi) is 4.37. The Hall–Kier alpha value is -3.02. The number of carbonyl (C=O) groups excluding carboxylic acids is 1. The summed E-state index contributed by atoms with van der Waals surface area (Å²) in [5.41, 5.74) is 1.61. The van der Waals surface area contributed by atoms with Crippen molar-refractivity contribution < 1.29 is 13.6 Å². The molecule has 3 aromatic rings. The third kappa shape index (κ3) is 3.32. The molecule has 0 saturated carbocycles. The van der Waals surface area contributed by atoms with Gasteiger partial charge in [-0.05, 0) is 30.2 Å². The fourth-order valence-electron chi connectivity index (χ4n) is 2.37. The Labute approximate surface area is 137 Å². The van der Waals surface area contributed by atoms with Crippen molar-refractivity contribution in [3.05, 3.63) is 83.1 Å². The van der Waals surface area contributed by atoms with Crippen molar-refractivity contribution in [1.29, 1.82) is 0 Å². The fraction of sp³-hybridized carbons (Fsp3) is 0.111. The zero-order chi connectivity index (χ0) is 17.1. The highest BCUT2D eigenvalue weighted by Crippen LogP contribution is 2.15. The maximum absolute atomic E-state index is 13.6. The van der Waals surface area contributed by atoms with Crippen molar-refractivity contribution >= 4 is 11.7 Å². The highest BCUT2D eigenvalue weighted by atomic mass is 19.1. The van der Waals surface area contributed by atoms with Gasteiger partial charge in [-0.1, -0.05) is 30.3 Å². The zero-order valence-electron chi connectivity index (χ0n) is 13.0. The van der Waals surface area contributed by atoms with Crippen molar-refractivity contribution in [2.45, 2.75) is 13.5 Å². The Balaban J connectivity index is 1.75. The first-order valence-corrected chi connectivity index (χ1v) is 7.38. The fourth-order valence-corrected chi connectivity index (χ4v) is 2.37. The molecule has 24 heavy (non-hydrogen) atoms. The molecule has 0 aliphatic rings. The topological polar surface area (TPSA) is 46.9 Å². The largest absolute Gasteiger partial charge is 0.305 e. The van der Waals surface area contributed by atoms with Gasteiger partial charge in [0.05, 0.1) is 6.54 Å². The molecule has 1 aromatic heterocycles. The Morgan fingerprint density at radius 2 is 1.79 bits per heavy atom. The van der Waals surface area contributed by atoms with Crippen molar-refractivity contribution in [3.63, 3.8) is 0 Å². The van der Waals surface area contributed by atoms with Gasteiger partial charge in [-0.15, -0.1) is 0 Å². The second kappa shape index (κ2) is 6.62. The summed E-state index contributed by atoms with van der Waals surface area (Å²) in [6, 6.07) is 12.7. The highest BCUT2D eigenvalue weighted by molar-refractivity contribution is 6.04. The minimum atomic E-state index is -0.910. The van der Waals surface area contributed by atoms with E-state index in [2.05, 4.69) is 10.4 Å². The van der Waals surface area contributed by atoms with E-state index in [0.717, 1.165) is 23.3 Å². The lowest BCUT2D eigenvalue weighted by Crippen LogP contribution is -2.16. The van der Waals surface area contributed by atoms with Gasteiger partial charge in [0.25, 0.3) is 5.91 Å². The molecule has 6 heteroatoms. The van der Waals surface area contributed by atoms with Crippen LogP contribution in [0.15, 0.2) is 54.7 Å². The second-order valence-corrected chi connectivity index (χ2v) is 5.38. The van der Waals surface area contributed by atoms with Gasteiger partial charge in [-0.25, -0.2) is 8.78 Å². The summed E-state index contributed by atoms with van der Waals surface area (Å²) in [5, 5.41) is 6.62. The van der Waals surface area contributed by atoms with Crippen LogP contribution in [0.1, 0.15) is 21.5 Å². The molecule has 1 heterocycles. The van der Waals surface area contributed by atoms with Gasteiger partial charge in [0, 0.05) is 12.3 Å². The highest BCUT2D eigenvalue weighted by Gasteiger charge is 2.17. The van der Waals surface area contributed by atoms with Crippen molar-refractivity contribution in [1.82, 2.24) is 9.78 Å². The van der Waals surface area contributed by atoms with Crippen LogP contribution in [0.5, 0.6) is 0 Å². The van der Waals surface area contributed by atoms with Crippen molar-refractivity contribution in [2.24, 2.45) is 0 Å². The van der Waals surface area contributed by atoms with Crippen LogP contribution in [0.4, 0.5) is 14.6 Å². The van der Waals surface area contributed by atoms with Gasteiger partial charge in [0.15, 0.2) is 5.82 Å². The van der Waals surface area contributed by atoms with Gasteiger partial charge in [0.1, 0.15) is 17.2 Å². The molecule has 0 bridgehead atoms. The lowest BCUT2D eigenvalue weighted by molar-refractivity contribution is 0.101. The van der Waals surface area contributed by atoms with Crippen LogP contribution in [0, 0.1) is 18.6 Å². The first kappa shape index (κ1) is 15.9. The minimum absolute atomic E-state index is 0.233. The van der Waals surface area contributed by atoms with E-state index in [-0.39, 0.29) is 5.82 Å². The molecule has 122 valence electrons. The zero-order valence-corrected chi connectivity index (χ0v) is 13.0. The number of nitrogens with one attached hydrogen (secondary N) is 1. The molecule has 0 fully saturated rings. The molecule has 0 unspecified atom stereocenters. The number of hydrogen-bond acceptors (Lipinski definition) is 2. The lowest BCUT2D eigenvalue weighted by Gasteiger charge is -2.06. The van der Waals surface area contributed by atoms with Gasteiger partial charge >= 0.3 is 0 Å². The average Bonchev–Trinajstić information content (AvgIpc) is 2.96. The van der Waals surface area contributed by atoms with E-state index in [0.29, 0.717) is 6.54 Å². The van der Waals surface area contributed by atoms with Crippen LogP contribution in [0.25, 0.3) is 0 Å². The summed E-state index contributed by atoms with van der Waals surface area (Å²) >= 11 is 0. The molecule has 1 amide bonds. The van der Waals surface area contributed by atoms with Crippen LogP contribution < -0.4 is 5.32 Å². The lowest BCUT2D eigenvalue weighted by atomic mass is 10.1. The molecule has 0 radical (unpaired) electrons. The molecule has 0 spiro atoms. The minimum Gasteiger partial charge on any atom is -0.305 e. The monoisotopic (exact) mass is 327 g/mol. The Morgan fingerprint density at radius 1 is 1.08 bits per heavy atom. The van der Waals surface area contributed by atoms with E-state index >= 15 is 0 Å². The van der Waals surface area contributed by atoms with E-state index in [1.807, 2.05) is 31.2 Å². The number of anilines is 1. The SMILES string of the molecule is Cc1ccccc1Cn1ccc(NC(=O)c2c(F)cccc2F)n1. The molecule has 0 atom stereocenters. The van der Waals surface area contributed by atoms with E-state index < -0.39 is 23.1 Å². The van der Waals surface area contributed by atoms with E-state index in [4.69, 9.17) is 0 Å². The van der Waals surface area contributed by atoms with Crippen molar-refractivity contribution in [2.75, 3.05) is 5.32 Å². The number of amides is 1. The maximum atomic E-state index is 13.6. The van der Waals surface area contributed by atoms with Gasteiger partial charge < -0.3 is 5.32 Å². The number of rotatable bonds is 4. The van der Waals surface area contributed by atoms with Crippen LogP contribution in [0.3, 0.4) is 0 Å². The molecule has 3 rings (SSSR count). The number of aryl methyl sites for hydroxylation is 1. The molecule has 4 nitrogen and oxygen atoms in total. The first-order valence-electron chi connectivity index (χ1n) is 7.38. The van der Waals surface area contributed by atoms with Crippen LogP contribution >= 0.6 is 0 Å². The molecule has 0 saturated heterocycles. The Bertz CT molecular complexity index is 869. The number of carbonyl (C=O) groups is 1. The predicted molar refractivity (Wildman–Crippen MR) is 86.8 cm³/mol. The van der Waals surface area contributed by atoms with Gasteiger partial charge in [-0.2, -0.15) is 5.10 Å². The predicted octanol–water partition coefficient (Wildman–Crippen LogP) is 3.77. The summed E-state index contributed by atoms with van der Waals surface area (Å²) in [6.45, 7) is 2.54. The number of hydrogen-bond donors (Lipinski definition) is 1. The normalized spacial score (nSPS) is 10.6. The van der Waals surface area contributed by atoms with Crippen LogP contribution in [0.2, 0.25) is 0 Å². The van der Waals surface area contributed by atoms with Gasteiger partial charge in [0.2, 0.25) is 0 Å². The molecule has 0 aliphatic carbocycles. The molecule has 0 aliphatic heterocycles. The van der Waals surface area contributed by atoms with E-state index in [1.165, 1.54) is 6.07 Å². The third-order valence-corrected chi connectivity index (χ3v) is 3.67. The standard InChI is InChI=1S/C18H15F2N3O/c1-12-5-2-3-6-13(12)11-23-10-9-16(22-23)21-18(24)17-14(19)7-4-8-15(17)20/h2-10H,11H2,1H3,(H,21,22,24). The molecular weight excluding hydrogens is 312 g/mol. The molecular formula is C18H15F2N3O. The molecule has 1 N–H and O–H groups in total. The third-order valence-electron chi connectivity index (χ3n) is 3.67. The smallest absolute Gasteiger partial charge is 0.262 e. The van der Waals surface area contributed by atoms with Crippen LogP contribution in [-0.4, -0.2) is 15.7 Å². The van der Waals surface area contributed by atoms with E-state index in [9.17, 15) is 13.6 Å². The van der Waals surface area contributed by atoms with Gasteiger partial charge in [-0.3, -0.25) is 9.48 Å². The Morgan fingerprint density at radius 3 is 2.50 bits per heavy atom. The second-order valence-electron chi connectivity index (χ2n) is 5.38. The first-order chi connectivity index (χ1) is 11.5. The van der Waals surface area contributed by atoms with Crippen LogP contribution in [-0.2, 0) is 6.54 Å². The number of nitrogens with zero attached hydrogens (tertiary/aromatic N) is 2.